The number of hydrogen-bond donors (Lipinski definition) is 1. The highest BCUT2D eigenvalue weighted by Crippen LogP contribution is 2.33. The van der Waals surface area contributed by atoms with Gasteiger partial charge in [-0.2, -0.15) is 0 Å². The molecule has 0 saturated heterocycles. The van der Waals surface area contributed by atoms with Crippen LogP contribution in [0.25, 0.3) is 0 Å². The third kappa shape index (κ3) is 6.12. The molecule has 1 atom stereocenters. The van der Waals surface area contributed by atoms with E-state index in [0.717, 1.165) is 37.3 Å². The average Bonchev–Trinajstić information content (AvgIpc) is 2.57. The van der Waals surface area contributed by atoms with Crippen LogP contribution in [-0.2, 0) is 6.42 Å². The Morgan fingerprint density at radius 1 is 1.26 bits per heavy atom. The molecule has 1 amide bonds. The maximum absolute atomic E-state index is 14.1. The fourth-order valence-electron chi connectivity index (χ4n) is 2.64. The maximum atomic E-state index is 14.1. The highest BCUT2D eigenvalue weighted by molar-refractivity contribution is 5.93. The molecule has 1 unspecified atom stereocenters. The number of carbonyl (C=O) groups is 1. The number of amides is 1. The van der Waals surface area contributed by atoms with Gasteiger partial charge in [0.05, 0.1) is 0 Å². The molecule has 0 radical (unpaired) electrons. The van der Waals surface area contributed by atoms with Crippen LogP contribution in [0.5, 0.6) is 0 Å². The molecule has 128 valence electrons. The van der Waals surface area contributed by atoms with Gasteiger partial charge in [0.25, 0.3) is 11.8 Å². The summed E-state index contributed by atoms with van der Waals surface area (Å²) in [6, 6.07) is 6.86. The lowest BCUT2D eigenvalue weighted by atomic mass is 9.88. The first-order chi connectivity index (χ1) is 10.9. The maximum Gasteiger partial charge on any atom is 0.269 e. The summed E-state index contributed by atoms with van der Waals surface area (Å²) in [5.74, 6) is -3.79. The number of unbranched alkanes of at least 4 members (excludes halogenated alkanes) is 3. The molecule has 0 aliphatic carbocycles. The molecule has 0 spiro atoms. The SMILES string of the molecule is C=CC(F)(F)C(CCCCCC)Cc1ccc(C(=O)NC)cc1. The Balaban J connectivity index is 2.75. The van der Waals surface area contributed by atoms with Crippen LogP contribution in [0.2, 0.25) is 0 Å². The van der Waals surface area contributed by atoms with E-state index >= 15 is 0 Å². The summed E-state index contributed by atoms with van der Waals surface area (Å²) in [6.45, 7) is 5.39. The molecule has 0 heterocycles. The van der Waals surface area contributed by atoms with Gasteiger partial charge in [0.2, 0.25) is 0 Å². The summed E-state index contributed by atoms with van der Waals surface area (Å²) < 4.78 is 28.2. The summed E-state index contributed by atoms with van der Waals surface area (Å²) in [6.07, 6.45) is 5.48. The Morgan fingerprint density at radius 3 is 2.43 bits per heavy atom. The molecule has 0 fully saturated rings. The average molecular weight is 323 g/mol. The van der Waals surface area contributed by atoms with Crippen molar-refractivity contribution in [1.82, 2.24) is 5.32 Å². The molecular weight excluding hydrogens is 296 g/mol. The van der Waals surface area contributed by atoms with E-state index in [4.69, 9.17) is 0 Å². The van der Waals surface area contributed by atoms with Gasteiger partial charge in [-0.15, -0.1) is 0 Å². The molecule has 0 bridgehead atoms. The second kappa shape index (κ2) is 9.43. The van der Waals surface area contributed by atoms with Crippen molar-refractivity contribution in [1.29, 1.82) is 0 Å². The van der Waals surface area contributed by atoms with Crippen LogP contribution in [0.15, 0.2) is 36.9 Å². The van der Waals surface area contributed by atoms with E-state index in [2.05, 4.69) is 18.8 Å². The molecule has 1 N–H and O–H groups in total. The molecule has 0 aliphatic rings. The summed E-state index contributed by atoms with van der Waals surface area (Å²) in [4.78, 5) is 11.5. The predicted molar refractivity (Wildman–Crippen MR) is 90.9 cm³/mol. The number of nitrogens with one attached hydrogen (secondary N) is 1. The number of alkyl halides is 2. The van der Waals surface area contributed by atoms with Crippen LogP contribution in [0.4, 0.5) is 8.78 Å². The largest absolute Gasteiger partial charge is 0.355 e. The minimum absolute atomic E-state index is 0.177. The number of hydrogen-bond acceptors (Lipinski definition) is 1. The molecular formula is C19H27F2NO. The molecule has 0 aliphatic heterocycles. The van der Waals surface area contributed by atoms with Crippen molar-refractivity contribution < 1.29 is 13.6 Å². The number of carbonyl (C=O) groups excluding carboxylic acids is 1. The molecule has 2 nitrogen and oxygen atoms in total. The van der Waals surface area contributed by atoms with Crippen molar-refractivity contribution in [2.45, 2.75) is 51.4 Å². The Kier molecular flexibility index (Phi) is 7.93. The van der Waals surface area contributed by atoms with Gasteiger partial charge in [-0.1, -0.05) is 51.3 Å². The topological polar surface area (TPSA) is 29.1 Å². The lowest BCUT2D eigenvalue weighted by Gasteiger charge is -2.24. The van der Waals surface area contributed by atoms with Crippen molar-refractivity contribution in [3.8, 4) is 0 Å². The van der Waals surface area contributed by atoms with E-state index in [-0.39, 0.29) is 5.91 Å². The van der Waals surface area contributed by atoms with Gasteiger partial charge in [-0.3, -0.25) is 4.79 Å². The zero-order valence-corrected chi connectivity index (χ0v) is 14.1. The van der Waals surface area contributed by atoms with Gasteiger partial charge >= 0.3 is 0 Å². The Labute approximate surface area is 138 Å². The molecule has 0 saturated carbocycles. The second-order valence-corrected chi connectivity index (χ2v) is 5.91. The summed E-state index contributed by atoms with van der Waals surface area (Å²) in [5, 5.41) is 2.54. The van der Waals surface area contributed by atoms with Crippen LogP contribution in [0.1, 0.15) is 54.9 Å². The molecule has 1 rings (SSSR count). The van der Waals surface area contributed by atoms with E-state index in [9.17, 15) is 13.6 Å². The van der Waals surface area contributed by atoms with Crippen molar-refractivity contribution in [3.05, 3.63) is 48.0 Å². The van der Waals surface area contributed by atoms with Crippen LogP contribution < -0.4 is 5.32 Å². The predicted octanol–water partition coefficient (Wildman–Crippen LogP) is 5.00. The quantitative estimate of drug-likeness (QED) is 0.476. The van der Waals surface area contributed by atoms with Crippen molar-refractivity contribution in [2.75, 3.05) is 7.05 Å². The lowest BCUT2D eigenvalue weighted by Crippen LogP contribution is -2.27. The Hall–Kier alpha value is -1.71. The fourth-order valence-corrected chi connectivity index (χ4v) is 2.64. The zero-order chi connectivity index (χ0) is 17.3. The molecule has 4 heteroatoms. The van der Waals surface area contributed by atoms with E-state index in [1.807, 2.05) is 0 Å². The summed E-state index contributed by atoms with van der Waals surface area (Å²) >= 11 is 0. The lowest BCUT2D eigenvalue weighted by molar-refractivity contribution is -0.0133. The van der Waals surface area contributed by atoms with Gasteiger partial charge < -0.3 is 5.32 Å². The first kappa shape index (κ1) is 19.3. The normalized spacial score (nSPS) is 12.7. The van der Waals surface area contributed by atoms with Crippen molar-refractivity contribution >= 4 is 5.91 Å². The Morgan fingerprint density at radius 2 is 1.91 bits per heavy atom. The van der Waals surface area contributed by atoms with Gasteiger partial charge in [-0.05, 0) is 36.6 Å². The van der Waals surface area contributed by atoms with E-state index < -0.39 is 11.8 Å². The van der Waals surface area contributed by atoms with Gasteiger partial charge in [0.15, 0.2) is 0 Å². The van der Waals surface area contributed by atoms with Crippen molar-refractivity contribution in [2.24, 2.45) is 5.92 Å². The molecule has 0 aromatic heterocycles. The van der Waals surface area contributed by atoms with Crippen LogP contribution in [-0.4, -0.2) is 18.9 Å². The van der Waals surface area contributed by atoms with E-state index in [1.54, 1.807) is 31.3 Å². The number of allylic oxidation sites excluding steroid dienone is 1. The van der Waals surface area contributed by atoms with E-state index in [1.165, 1.54) is 0 Å². The zero-order valence-electron chi connectivity index (χ0n) is 14.1. The summed E-state index contributed by atoms with van der Waals surface area (Å²) in [5.41, 5.74) is 1.35. The smallest absolute Gasteiger partial charge is 0.269 e. The minimum Gasteiger partial charge on any atom is -0.355 e. The van der Waals surface area contributed by atoms with Gasteiger partial charge in [0, 0.05) is 18.5 Å². The number of benzene rings is 1. The Bertz CT molecular complexity index is 497. The monoisotopic (exact) mass is 323 g/mol. The number of rotatable bonds is 10. The molecule has 1 aromatic carbocycles. The van der Waals surface area contributed by atoms with Crippen molar-refractivity contribution in [3.63, 3.8) is 0 Å². The summed E-state index contributed by atoms with van der Waals surface area (Å²) in [7, 11) is 1.56. The molecule has 1 aromatic rings. The minimum atomic E-state index is -2.87. The molecule has 23 heavy (non-hydrogen) atoms. The third-order valence-electron chi connectivity index (χ3n) is 4.15. The fraction of sp³-hybridized carbons (Fsp3) is 0.526. The second-order valence-electron chi connectivity index (χ2n) is 5.91. The standard InChI is InChI=1S/C19H27F2NO/c1-4-6-7-8-9-17(19(20,21)5-2)14-15-10-12-16(13-11-15)18(23)22-3/h5,10-13,17H,2,4,6-9,14H2,1,3H3,(H,22,23). The highest BCUT2D eigenvalue weighted by Gasteiger charge is 2.35. The van der Waals surface area contributed by atoms with Crippen LogP contribution in [0, 0.1) is 5.92 Å². The van der Waals surface area contributed by atoms with Gasteiger partial charge in [0.1, 0.15) is 0 Å². The van der Waals surface area contributed by atoms with Crippen LogP contribution in [0.3, 0.4) is 0 Å². The van der Waals surface area contributed by atoms with Gasteiger partial charge in [-0.25, -0.2) is 8.78 Å². The first-order valence-electron chi connectivity index (χ1n) is 8.27. The third-order valence-corrected chi connectivity index (χ3v) is 4.15. The van der Waals surface area contributed by atoms with E-state index in [0.29, 0.717) is 18.4 Å². The highest BCUT2D eigenvalue weighted by atomic mass is 19.3. The van der Waals surface area contributed by atoms with Crippen LogP contribution >= 0.6 is 0 Å². The number of halogens is 2. The first-order valence-corrected chi connectivity index (χ1v) is 8.27.